The molecule has 0 saturated carbocycles. The number of nitrogens with one attached hydrogen (secondary N) is 1. The van der Waals surface area contributed by atoms with E-state index in [9.17, 15) is 0 Å². The van der Waals surface area contributed by atoms with Crippen molar-refractivity contribution in [3.05, 3.63) is 66.8 Å². The van der Waals surface area contributed by atoms with Crippen molar-refractivity contribution in [2.24, 2.45) is 4.99 Å². The standard InChI is InChI=1S/C20H29N5.HI/c1-4-6-7-12-24(3)20(22-5-2)23-15-18-9-8-10-19(14-18)16-25-13-11-21-17-25;/h4,8-11,13-14,17H,1,5-7,12,15-16H2,2-3H3,(H,22,23);1H. The molecule has 26 heavy (non-hydrogen) atoms. The quantitative estimate of drug-likeness (QED) is 0.200. The zero-order valence-corrected chi connectivity index (χ0v) is 18.1. The van der Waals surface area contributed by atoms with Crippen molar-refractivity contribution in [3.63, 3.8) is 0 Å². The number of aromatic nitrogens is 2. The molecule has 1 aromatic carbocycles. The van der Waals surface area contributed by atoms with Gasteiger partial charge in [-0.1, -0.05) is 30.3 Å². The SMILES string of the molecule is C=CCCCN(C)C(=NCc1cccc(Cn2ccnc2)c1)NCC.I. The van der Waals surface area contributed by atoms with Crippen LogP contribution >= 0.6 is 24.0 Å². The number of hydrogen-bond acceptors (Lipinski definition) is 2. The summed E-state index contributed by atoms with van der Waals surface area (Å²) >= 11 is 0. The summed E-state index contributed by atoms with van der Waals surface area (Å²) in [5, 5.41) is 3.37. The average molecular weight is 467 g/mol. The number of nitrogens with zero attached hydrogens (tertiary/aromatic N) is 4. The highest BCUT2D eigenvalue weighted by molar-refractivity contribution is 14.0. The second-order valence-electron chi connectivity index (χ2n) is 6.08. The highest BCUT2D eigenvalue weighted by Crippen LogP contribution is 2.09. The Morgan fingerprint density at radius 1 is 1.38 bits per heavy atom. The number of allylic oxidation sites excluding steroid dienone is 1. The third-order valence-electron chi connectivity index (χ3n) is 3.93. The molecule has 0 spiro atoms. The Hall–Kier alpha value is -1.83. The van der Waals surface area contributed by atoms with Crippen LogP contribution < -0.4 is 5.32 Å². The van der Waals surface area contributed by atoms with Crippen molar-refractivity contribution in [1.29, 1.82) is 0 Å². The lowest BCUT2D eigenvalue weighted by molar-refractivity contribution is 0.470. The number of aliphatic imine (C=N–C) groups is 1. The zero-order valence-electron chi connectivity index (χ0n) is 15.8. The van der Waals surface area contributed by atoms with Crippen LogP contribution in [-0.4, -0.2) is 40.5 Å². The first-order valence-electron chi connectivity index (χ1n) is 8.86. The molecule has 1 N–H and O–H groups in total. The largest absolute Gasteiger partial charge is 0.357 e. The van der Waals surface area contributed by atoms with Gasteiger partial charge in [0, 0.05) is 39.1 Å². The molecule has 142 valence electrons. The number of rotatable bonds is 9. The molecule has 0 bridgehead atoms. The maximum absolute atomic E-state index is 4.79. The maximum Gasteiger partial charge on any atom is 0.193 e. The first-order chi connectivity index (χ1) is 12.2. The zero-order chi connectivity index (χ0) is 17.9. The summed E-state index contributed by atoms with van der Waals surface area (Å²) in [4.78, 5) is 11.1. The smallest absolute Gasteiger partial charge is 0.193 e. The summed E-state index contributed by atoms with van der Waals surface area (Å²) < 4.78 is 2.07. The summed E-state index contributed by atoms with van der Waals surface area (Å²) in [6, 6.07) is 8.57. The third kappa shape index (κ3) is 7.59. The monoisotopic (exact) mass is 467 g/mol. The van der Waals surface area contributed by atoms with Crippen LogP contribution in [0.4, 0.5) is 0 Å². The Labute approximate surface area is 174 Å². The molecule has 6 heteroatoms. The summed E-state index contributed by atoms with van der Waals surface area (Å²) in [6.45, 7) is 9.22. The second kappa shape index (κ2) is 12.5. The minimum absolute atomic E-state index is 0. The van der Waals surface area contributed by atoms with Gasteiger partial charge in [-0.15, -0.1) is 30.6 Å². The van der Waals surface area contributed by atoms with Gasteiger partial charge in [0.15, 0.2) is 5.96 Å². The van der Waals surface area contributed by atoms with Crippen molar-refractivity contribution >= 4 is 29.9 Å². The van der Waals surface area contributed by atoms with E-state index >= 15 is 0 Å². The average Bonchev–Trinajstić information content (AvgIpc) is 3.12. The molecular formula is C20H30IN5. The van der Waals surface area contributed by atoms with E-state index < -0.39 is 0 Å². The molecule has 1 heterocycles. The molecule has 0 amide bonds. The molecule has 0 radical (unpaired) electrons. The third-order valence-corrected chi connectivity index (χ3v) is 3.93. The van der Waals surface area contributed by atoms with E-state index in [0.29, 0.717) is 6.54 Å². The Kier molecular flexibility index (Phi) is 10.7. The molecular weight excluding hydrogens is 437 g/mol. The topological polar surface area (TPSA) is 45.5 Å². The summed E-state index contributed by atoms with van der Waals surface area (Å²) in [5.74, 6) is 0.951. The Bertz CT molecular complexity index is 667. The van der Waals surface area contributed by atoms with Gasteiger partial charge in [0.2, 0.25) is 0 Å². The fourth-order valence-corrected chi connectivity index (χ4v) is 2.63. The van der Waals surface area contributed by atoms with E-state index in [-0.39, 0.29) is 24.0 Å². The Balaban J connectivity index is 0.00000338. The summed E-state index contributed by atoms with van der Waals surface area (Å²) in [7, 11) is 2.08. The van der Waals surface area contributed by atoms with Gasteiger partial charge in [-0.25, -0.2) is 9.98 Å². The second-order valence-corrected chi connectivity index (χ2v) is 6.08. The predicted molar refractivity (Wildman–Crippen MR) is 120 cm³/mol. The predicted octanol–water partition coefficient (Wildman–Crippen LogP) is 3.91. The van der Waals surface area contributed by atoms with Crippen LogP contribution in [0.1, 0.15) is 30.9 Å². The van der Waals surface area contributed by atoms with Gasteiger partial charge in [0.25, 0.3) is 0 Å². The number of imidazole rings is 1. The van der Waals surface area contributed by atoms with Gasteiger partial charge >= 0.3 is 0 Å². The Morgan fingerprint density at radius 3 is 2.88 bits per heavy atom. The molecule has 1 aromatic heterocycles. The van der Waals surface area contributed by atoms with Gasteiger partial charge in [-0.2, -0.15) is 0 Å². The molecule has 0 saturated heterocycles. The number of benzene rings is 1. The van der Waals surface area contributed by atoms with Crippen LogP contribution in [-0.2, 0) is 13.1 Å². The van der Waals surface area contributed by atoms with E-state index in [1.165, 1.54) is 11.1 Å². The molecule has 0 aliphatic heterocycles. The number of hydrogen-bond donors (Lipinski definition) is 1. The first kappa shape index (κ1) is 22.2. The van der Waals surface area contributed by atoms with Gasteiger partial charge in [-0.05, 0) is 30.9 Å². The number of halogens is 1. The fraction of sp³-hybridized carbons (Fsp3) is 0.400. The normalized spacial score (nSPS) is 10.9. The maximum atomic E-state index is 4.79. The minimum atomic E-state index is 0. The van der Waals surface area contributed by atoms with Crippen molar-refractivity contribution in [2.45, 2.75) is 32.9 Å². The van der Waals surface area contributed by atoms with Crippen LogP contribution in [0.25, 0.3) is 0 Å². The van der Waals surface area contributed by atoms with Gasteiger partial charge in [0.1, 0.15) is 0 Å². The highest BCUT2D eigenvalue weighted by Gasteiger charge is 2.05. The van der Waals surface area contributed by atoms with Crippen LogP contribution in [0.3, 0.4) is 0 Å². The first-order valence-corrected chi connectivity index (χ1v) is 8.86. The lowest BCUT2D eigenvalue weighted by Crippen LogP contribution is -2.39. The van der Waals surface area contributed by atoms with E-state index in [1.807, 2.05) is 18.6 Å². The van der Waals surface area contributed by atoms with Crippen LogP contribution in [0.15, 0.2) is 60.6 Å². The van der Waals surface area contributed by atoms with Crippen molar-refractivity contribution in [1.82, 2.24) is 19.8 Å². The molecule has 0 atom stereocenters. The van der Waals surface area contributed by atoms with Gasteiger partial charge in [-0.3, -0.25) is 0 Å². The van der Waals surface area contributed by atoms with Crippen molar-refractivity contribution in [3.8, 4) is 0 Å². The summed E-state index contributed by atoms with van der Waals surface area (Å²) in [6.07, 6.45) is 9.70. The lowest BCUT2D eigenvalue weighted by atomic mass is 10.1. The van der Waals surface area contributed by atoms with E-state index in [1.54, 1.807) is 6.20 Å². The van der Waals surface area contributed by atoms with E-state index in [0.717, 1.165) is 38.4 Å². The molecule has 0 unspecified atom stereocenters. The van der Waals surface area contributed by atoms with E-state index in [2.05, 4.69) is 64.6 Å². The van der Waals surface area contributed by atoms with Gasteiger partial charge in [0.05, 0.1) is 12.9 Å². The molecule has 2 rings (SSSR count). The lowest BCUT2D eigenvalue weighted by Gasteiger charge is -2.21. The number of guanidine groups is 1. The van der Waals surface area contributed by atoms with E-state index in [4.69, 9.17) is 4.99 Å². The van der Waals surface area contributed by atoms with Crippen LogP contribution in [0.5, 0.6) is 0 Å². The van der Waals surface area contributed by atoms with Crippen LogP contribution in [0.2, 0.25) is 0 Å². The van der Waals surface area contributed by atoms with Crippen LogP contribution in [0, 0.1) is 0 Å². The molecule has 0 aliphatic carbocycles. The molecule has 0 aliphatic rings. The highest BCUT2D eigenvalue weighted by atomic mass is 127. The summed E-state index contributed by atoms with van der Waals surface area (Å²) in [5.41, 5.74) is 2.47. The molecule has 2 aromatic rings. The van der Waals surface area contributed by atoms with Crippen molar-refractivity contribution < 1.29 is 0 Å². The fourth-order valence-electron chi connectivity index (χ4n) is 2.63. The Morgan fingerprint density at radius 2 is 2.19 bits per heavy atom. The minimum Gasteiger partial charge on any atom is -0.357 e. The van der Waals surface area contributed by atoms with Crippen molar-refractivity contribution in [2.75, 3.05) is 20.1 Å². The number of unbranched alkanes of at least 4 members (excludes halogenated alkanes) is 1. The van der Waals surface area contributed by atoms with Gasteiger partial charge < -0.3 is 14.8 Å². The molecule has 5 nitrogen and oxygen atoms in total. The molecule has 0 fully saturated rings.